The van der Waals surface area contributed by atoms with E-state index in [0.717, 1.165) is 18.3 Å². The highest BCUT2D eigenvalue weighted by Crippen LogP contribution is 2.30. The van der Waals surface area contributed by atoms with Crippen LogP contribution in [-0.4, -0.2) is 10.1 Å². The van der Waals surface area contributed by atoms with Crippen molar-refractivity contribution < 1.29 is 22.4 Å². The van der Waals surface area contributed by atoms with Crippen LogP contribution in [0.2, 0.25) is 0 Å². The third-order valence-corrected chi connectivity index (χ3v) is 2.11. The van der Waals surface area contributed by atoms with Crippen molar-refractivity contribution in [3.63, 3.8) is 0 Å². The lowest BCUT2D eigenvalue weighted by molar-refractivity contribution is -0.137. The predicted molar refractivity (Wildman–Crippen MR) is 54.8 cm³/mol. The van der Waals surface area contributed by atoms with Crippen LogP contribution in [0.3, 0.4) is 0 Å². The van der Waals surface area contributed by atoms with Crippen molar-refractivity contribution in [1.82, 2.24) is 10.1 Å². The fraction of sp³-hybridized carbons (Fsp3) is 0.273. The molecule has 0 aliphatic rings. The Hall–Kier alpha value is -2.05. The van der Waals surface area contributed by atoms with Gasteiger partial charge in [0.25, 0.3) is 0 Å². The molecule has 0 unspecified atom stereocenters. The van der Waals surface area contributed by atoms with Crippen molar-refractivity contribution in [2.75, 3.05) is 0 Å². The number of nitrogens with zero attached hydrogens (tertiary/aromatic N) is 2. The van der Waals surface area contributed by atoms with Gasteiger partial charge in [-0.25, -0.2) is 4.98 Å². The molecule has 4 nitrogen and oxygen atoms in total. The van der Waals surface area contributed by atoms with Gasteiger partial charge in [-0.05, 0) is 13.0 Å². The Labute approximate surface area is 100 Å². The quantitative estimate of drug-likeness (QED) is 0.849. The van der Waals surface area contributed by atoms with E-state index in [0.29, 0.717) is 11.5 Å². The van der Waals surface area contributed by atoms with Crippen molar-refractivity contribution in [3.8, 4) is 5.88 Å². The van der Waals surface area contributed by atoms with Gasteiger partial charge in [0.2, 0.25) is 5.88 Å². The molecule has 0 saturated carbocycles. The van der Waals surface area contributed by atoms with E-state index in [-0.39, 0.29) is 12.5 Å². The van der Waals surface area contributed by atoms with Crippen LogP contribution in [0.25, 0.3) is 0 Å². The van der Waals surface area contributed by atoms with Crippen LogP contribution in [0.5, 0.6) is 5.88 Å². The molecule has 0 aliphatic carbocycles. The number of halogens is 3. The number of aromatic nitrogens is 2. The van der Waals surface area contributed by atoms with Crippen LogP contribution < -0.4 is 4.74 Å². The maximum Gasteiger partial charge on any atom is 0.416 e. The summed E-state index contributed by atoms with van der Waals surface area (Å²) in [6.45, 7) is 1.71. The van der Waals surface area contributed by atoms with Crippen molar-refractivity contribution in [3.05, 3.63) is 41.4 Å². The number of alkyl halides is 3. The van der Waals surface area contributed by atoms with E-state index in [1.807, 2.05) is 0 Å². The maximum absolute atomic E-state index is 12.4. The van der Waals surface area contributed by atoms with Gasteiger partial charge in [-0.3, -0.25) is 0 Å². The highest BCUT2D eigenvalue weighted by molar-refractivity contribution is 5.23. The molecule has 0 aliphatic heterocycles. The maximum atomic E-state index is 12.4. The van der Waals surface area contributed by atoms with E-state index in [1.54, 1.807) is 13.0 Å². The first-order valence-corrected chi connectivity index (χ1v) is 5.03. The van der Waals surface area contributed by atoms with Crippen molar-refractivity contribution in [2.45, 2.75) is 19.7 Å². The zero-order valence-electron chi connectivity index (χ0n) is 9.36. The lowest BCUT2D eigenvalue weighted by atomic mass is 10.2. The van der Waals surface area contributed by atoms with Gasteiger partial charge in [0.15, 0.2) is 0 Å². The second kappa shape index (κ2) is 4.67. The molecule has 0 bridgehead atoms. The minimum absolute atomic E-state index is 0.00561. The van der Waals surface area contributed by atoms with Gasteiger partial charge in [-0.15, -0.1) is 0 Å². The monoisotopic (exact) mass is 258 g/mol. The fourth-order valence-electron chi connectivity index (χ4n) is 1.30. The Morgan fingerprint density at radius 3 is 2.72 bits per heavy atom. The van der Waals surface area contributed by atoms with Gasteiger partial charge in [0, 0.05) is 18.3 Å². The Morgan fingerprint density at radius 1 is 1.33 bits per heavy atom. The summed E-state index contributed by atoms with van der Waals surface area (Å²) in [7, 11) is 0. The first kappa shape index (κ1) is 12.4. The first-order chi connectivity index (χ1) is 8.45. The molecule has 2 aromatic heterocycles. The molecule has 2 rings (SSSR count). The molecule has 0 spiro atoms. The normalized spacial score (nSPS) is 11.6. The third-order valence-electron chi connectivity index (χ3n) is 2.11. The molecule has 2 heterocycles. The molecule has 0 atom stereocenters. The first-order valence-electron chi connectivity index (χ1n) is 5.03. The average molecular weight is 258 g/mol. The van der Waals surface area contributed by atoms with E-state index in [9.17, 15) is 13.2 Å². The van der Waals surface area contributed by atoms with E-state index in [1.165, 1.54) is 0 Å². The number of hydrogen-bond acceptors (Lipinski definition) is 4. The van der Waals surface area contributed by atoms with Gasteiger partial charge in [-0.2, -0.15) is 13.2 Å². The molecule has 0 radical (unpaired) electrons. The number of pyridine rings is 1. The third kappa shape index (κ3) is 2.99. The van der Waals surface area contributed by atoms with Crippen LogP contribution in [0, 0.1) is 6.92 Å². The molecule has 0 N–H and O–H groups in total. The van der Waals surface area contributed by atoms with Gasteiger partial charge in [0.05, 0.1) is 5.56 Å². The smallest absolute Gasteiger partial charge is 0.416 e. The molecular weight excluding hydrogens is 249 g/mol. The van der Waals surface area contributed by atoms with Crippen LogP contribution in [0.1, 0.15) is 17.0 Å². The Balaban J connectivity index is 2.06. The minimum Gasteiger partial charge on any atom is -0.471 e. The Bertz CT molecular complexity index is 537. The standard InChI is InChI=1S/C11H9F3N2O2/c1-7-4-9(16-18-7)6-17-10-5-8(2-3-15-10)11(12,13)14/h2-5H,6H2,1H3. The van der Waals surface area contributed by atoms with Crippen LogP contribution >= 0.6 is 0 Å². The second-order valence-corrected chi connectivity index (χ2v) is 3.60. The summed E-state index contributed by atoms with van der Waals surface area (Å²) in [5.74, 6) is 0.496. The lowest BCUT2D eigenvalue weighted by Crippen LogP contribution is -2.06. The van der Waals surface area contributed by atoms with E-state index < -0.39 is 11.7 Å². The molecule has 0 aromatic carbocycles. The summed E-state index contributed by atoms with van der Waals surface area (Å²) in [5, 5.41) is 3.65. The molecule has 0 amide bonds. The molecule has 96 valence electrons. The second-order valence-electron chi connectivity index (χ2n) is 3.60. The lowest BCUT2D eigenvalue weighted by Gasteiger charge is -2.08. The summed E-state index contributed by atoms with van der Waals surface area (Å²) in [6.07, 6.45) is -3.36. The van der Waals surface area contributed by atoms with Crippen LogP contribution in [0.4, 0.5) is 13.2 Å². The molecule has 18 heavy (non-hydrogen) atoms. The fourth-order valence-corrected chi connectivity index (χ4v) is 1.30. The molecule has 0 saturated heterocycles. The molecule has 0 fully saturated rings. The average Bonchev–Trinajstić information content (AvgIpc) is 2.72. The van der Waals surface area contributed by atoms with Crippen LogP contribution in [-0.2, 0) is 12.8 Å². The summed E-state index contributed by atoms with van der Waals surface area (Å²) in [4.78, 5) is 3.69. The predicted octanol–water partition coefficient (Wildman–Crippen LogP) is 2.98. The molecule has 2 aromatic rings. The largest absolute Gasteiger partial charge is 0.471 e. The van der Waals surface area contributed by atoms with Crippen molar-refractivity contribution >= 4 is 0 Å². The molecular formula is C11H9F3N2O2. The Kier molecular flexibility index (Phi) is 3.22. The zero-order chi connectivity index (χ0) is 13.2. The highest BCUT2D eigenvalue weighted by Gasteiger charge is 2.30. The van der Waals surface area contributed by atoms with Gasteiger partial charge < -0.3 is 9.26 Å². The van der Waals surface area contributed by atoms with Gasteiger partial charge >= 0.3 is 6.18 Å². The number of aryl methyl sites for hydroxylation is 1. The highest BCUT2D eigenvalue weighted by atomic mass is 19.4. The number of hydrogen-bond donors (Lipinski definition) is 0. The van der Waals surface area contributed by atoms with Crippen molar-refractivity contribution in [1.29, 1.82) is 0 Å². The summed E-state index contributed by atoms with van der Waals surface area (Å²) in [6, 6.07) is 3.35. The van der Waals surface area contributed by atoms with E-state index in [4.69, 9.17) is 9.26 Å². The molecule has 7 heteroatoms. The van der Waals surface area contributed by atoms with E-state index in [2.05, 4.69) is 10.1 Å². The summed E-state index contributed by atoms with van der Waals surface area (Å²) in [5.41, 5.74) is -0.310. The van der Waals surface area contributed by atoms with Gasteiger partial charge in [-0.1, -0.05) is 5.16 Å². The van der Waals surface area contributed by atoms with Crippen molar-refractivity contribution in [2.24, 2.45) is 0 Å². The SMILES string of the molecule is Cc1cc(COc2cc(C(F)(F)F)ccn2)no1. The zero-order valence-corrected chi connectivity index (χ0v) is 9.36. The van der Waals surface area contributed by atoms with Crippen LogP contribution in [0.15, 0.2) is 28.9 Å². The van der Waals surface area contributed by atoms with E-state index >= 15 is 0 Å². The summed E-state index contributed by atoms with van der Waals surface area (Å²) >= 11 is 0. The van der Waals surface area contributed by atoms with Gasteiger partial charge in [0.1, 0.15) is 18.1 Å². The number of rotatable bonds is 3. The topological polar surface area (TPSA) is 48.2 Å². The summed E-state index contributed by atoms with van der Waals surface area (Å²) < 4.78 is 47.2. The minimum atomic E-state index is -4.41. The Morgan fingerprint density at radius 2 is 2.11 bits per heavy atom. The number of ether oxygens (including phenoxy) is 1.